The van der Waals surface area contributed by atoms with Crippen LogP contribution in [-0.4, -0.2) is 44.1 Å². The molecule has 0 saturated heterocycles. The average molecular weight is 411 g/mol. The van der Waals surface area contributed by atoms with Crippen LogP contribution in [0.4, 0.5) is 0 Å². The second-order valence-electron chi connectivity index (χ2n) is 8.42. The first kappa shape index (κ1) is 21.1. The molecule has 0 aromatic heterocycles. The van der Waals surface area contributed by atoms with E-state index in [1.54, 1.807) is 31.4 Å². The molecule has 7 atom stereocenters. The minimum absolute atomic E-state index is 0.0487. The van der Waals surface area contributed by atoms with Crippen molar-refractivity contribution in [1.29, 1.82) is 0 Å². The maximum atomic E-state index is 13.4. The largest absolute Gasteiger partial charge is 0.497 e. The summed E-state index contributed by atoms with van der Waals surface area (Å²) in [4.78, 5) is 11.5. The predicted molar refractivity (Wildman–Crippen MR) is 106 cm³/mol. The Morgan fingerprint density at radius 2 is 1.86 bits per heavy atom. The van der Waals surface area contributed by atoms with Crippen LogP contribution in [0.3, 0.4) is 0 Å². The summed E-state index contributed by atoms with van der Waals surface area (Å²) in [5.41, 5.74) is 0.643. The third-order valence-corrected chi connectivity index (χ3v) is 8.59. The Bertz CT molecular complexity index is 820. The molecular formula is C21H30O6S. The highest BCUT2D eigenvalue weighted by molar-refractivity contribution is 7.91. The molecular weight excluding hydrogens is 380 g/mol. The van der Waals surface area contributed by atoms with Crippen molar-refractivity contribution >= 4 is 15.8 Å². The Hall–Kier alpha value is -1.60. The molecule has 28 heavy (non-hydrogen) atoms. The summed E-state index contributed by atoms with van der Waals surface area (Å²) in [6, 6.07) is 7.01. The van der Waals surface area contributed by atoms with Crippen molar-refractivity contribution in [2.45, 2.75) is 56.8 Å². The lowest BCUT2D eigenvalue weighted by molar-refractivity contribution is -0.150. The van der Waals surface area contributed by atoms with Gasteiger partial charge in [-0.2, -0.15) is 0 Å². The van der Waals surface area contributed by atoms with Gasteiger partial charge in [0.15, 0.2) is 9.84 Å². The molecule has 0 amide bonds. The zero-order valence-electron chi connectivity index (χ0n) is 16.9. The molecule has 2 saturated carbocycles. The van der Waals surface area contributed by atoms with Crippen LogP contribution in [0, 0.1) is 23.7 Å². The molecule has 5 unspecified atom stereocenters. The molecule has 0 heterocycles. The number of hydrogen-bond donors (Lipinski definition) is 1. The number of carbonyl (C=O) groups is 1. The number of aliphatic hydroxyl groups is 1. The van der Waals surface area contributed by atoms with Gasteiger partial charge in [0.2, 0.25) is 0 Å². The minimum Gasteiger partial charge on any atom is -0.497 e. The van der Waals surface area contributed by atoms with Crippen molar-refractivity contribution in [2.24, 2.45) is 23.7 Å². The Morgan fingerprint density at radius 1 is 1.18 bits per heavy atom. The lowest BCUT2D eigenvalue weighted by Crippen LogP contribution is -2.52. The van der Waals surface area contributed by atoms with Crippen LogP contribution in [-0.2, 0) is 25.1 Å². The van der Waals surface area contributed by atoms with Gasteiger partial charge in [-0.1, -0.05) is 26.0 Å². The predicted octanol–water partition coefficient (Wildman–Crippen LogP) is 2.58. The fraction of sp³-hybridized carbons (Fsp3) is 0.667. The fourth-order valence-electron chi connectivity index (χ4n) is 5.43. The van der Waals surface area contributed by atoms with E-state index in [9.17, 15) is 18.3 Å². The maximum absolute atomic E-state index is 13.4. The van der Waals surface area contributed by atoms with Crippen molar-refractivity contribution < 1.29 is 27.8 Å². The summed E-state index contributed by atoms with van der Waals surface area (Å²) < 4.78 is 37.5. The monoisotopic (exact) mass is 410 g/mol. The summed E-state index contributed by atoms with van der Waals surface area (Å²) in [7, 11) is -2.08. The summed E-state index contributed by atoms with van der Waals surface area (Å²) >= 11 is 0. The van der Waals surface area contributed by atoms with Crippen LogP contribution in [0.1, 0.15) is 39.2 Å². The molecule has 1 aromatic carbocycles. The lowest BCUT2D eigenvalue weighted by atomic mass is 9.70. The Labute approximate surface area is 167 Å². The van der Waals surface area contributed by atoms with Crippen LogP contribution in [0.5, 0.6) is 5.75 Å². The normalized spacial score (nSPS) is 35.2. The number of rotatable bonds is 5. The summed E-state index contributed by atoms with van der Waals surface area (Å²) in [5.74, 6) is -0.00547. The molecule has 2 aliphatic carbocycles. The van der Waals surface area contributed by atoms with Crippen LogP contribution in [0.25, 0.3) is 0 Å². The molecule has 0 spiro atoms. The number of esters is 1. The van der Waals surface area contributed by atoms with Crippen molar-refractivity contribution in [2.75, 3.05) is 7.11 Å². The van der Waals surface area contributed by atoms with Gasteiger partial charge in [-0.3, -0.25) is 4.79 Å². The van der Waals surface area contributed by atoms with E-state index in [0.29, 0.717) is 24.2 Å². The van der Waals surface area contributed by atoms with Crippen molar-refractivity contribution in [3.8, 4) is 5.75 Å². The van der Waals surface area contributed by atoms with Crippen molar-refractivity contribution in [3.63, 3.8) is 0 Å². The van der Waals surface area contributed by atoms with E-state index in [1.807, 2.05) is 13.8 Å². The SMILES string of the molecule is COc1cccc(CS(=O)(=O)C2C(O)C[C@@H](C)C3C(OC(C)=O)C[C@@H](C)C32)c1. The zero-order valence-corrected chi connectivity index (χ0v) is 17.7. The molecule has 2 aliphatic rings. The minimum atomic E-state index is -3.62. The van der Waals surface area contributed by atoms with E-state index in [2.05, 4.69) is 0 Å². The van der Waals surface area contributed by atoms with Crippen LogP contribution in [0.2, 0.25) is 0 Å². The number of methoxy groups -OCH3 is 1. The summed E-state index contributed by atoms with van der Waals surface area (Å²) in [6.07, 6.45) is -0.162. The lowest BCUT2D eigenvalue weighted by Gasteiger charge is -2.43. The quantitative estimate of drug-likeness (QED) is 0.751. The van der Waals surface area contributed by atoms with E-state index in [1.165, 1.54) is 6.92 Å². The molecule has 0 bridgehead atoms. The third-order valence-electron chi connectivity index (χ3n) is 6.40. The Morgan fingerprint density at radius 3 is 2.50 bits per heavy atom. The number of carbonyl (C=O) groups excluding carboxylic acids is 1. The van der Waals surface area contributed by atoms with E-state index in [0.717, 1.165) is 0 Å². The number of fused-ring (bicyclic) bond motifs is 1. The molecule has 3 rings (SSSR count). The highest BCUT2D eigenvalue weighted by Gasteiger charge is 2.57. The smallest absolute Gasteiger partial charge is 0.302 e. The molecule has 1 N–H and O–H groups in total. The van der Waals surface area contributed by atoms with E-state index >= 15 is 0 Å². The van der Waals surface area contributed by atoms with Gasteiger partial charge in [0.1, 0.15) is 11.9 Å². The van der Waals surface area contributed by atoms with Crippen LogP contribution in [0.15, 0.2) is 24.3 Å². The van der Waals surface area contributed by atoms with Gasteiger partial charge in [-0.25, -0.2) is 8.42 Å². The Balaban J connectivity index is 1.91. The molecule has 1 aromatic rings. The highest BCUT2D eigenvalue weighted by Crippen LogP contribution is 2.52. The average Bonchev–Trinajstić information content (AvgIpc) is 2.90. The molecule has 7 heteroatoms. The Kier molecular flexibility index (Phi) is 6.05. The topological polar surface area (TPSA) is 89.9 Å². The second kappa shape index (κ2) is 8.03. The fourth-order valence-corrected chi connectivity index (χ4v) is 7.79. The van der Waals surface area contributed by atoms with E-state index in [4.69, 9.17) is 9.47 Å². The van der Waals surface area contributed by atoms with Gasteiger partial charge in [0, 0.05) is 12.8 Å². The van der Waals surface area contributed by atoms with Gasteiger partial charge in [0.05, 0.1) is 24.2 Å². The molecule has 6 nitrogen and oxygen atoms in total. The molecule has 0 radical (unpaired) electrons. The number of benzene rings is 1. The van der Waals surface area contributed by atoms with E-state index in [-0.39, 0.29) is 41.5 Å². The number of aliphatic hydroxyl groups excluding tert-OH is 1. The summed E-state index contributed by atoms with van der Waals surface area (Å²) in [5, 5.41) is 9.92. The number of sulfone groups is 1. The first-order valence-electron chi connectivity index (χ1n) is 9.83. The van der Waals surface area contributed by atoms with Gasteiger partial charge < -0.3 is 14.6 Å². The second-order valence-corrected chi connectivity index (χ2v) is 10.6. The molecule has 156 valence electrons. The van der Waals surface area contributed by atoms with Gasteiger partial charge in [-0.15, -0.1) is 0 Å². The van der Waals surface area contributed by atoms with Crippen molar-refractivity contribution in [1.82, 2.24) is 0 Å². The maximum Gasteiger partial charge on any atom is 0.302 e. The first-order valence-corrected chi connectivity index (χ1v) is 11.6. The standard InChI is InChI=1S/C21H30O6S/c1-12-8-17(23)21(20-13(2)9-18(19(12)20)27-14(3)22)28(24,25)11-15-6-5-7-16(10-15)26-4/h5-7,10,12-13,17-21,23H,8-9,11H2,1-4H3/t12-,13-,17?,18?,19?,20?,21?/m1/s1. The van der Waals surface area contributed by atoms with E-state index < -0.39 is 21.2 Å². The number of ether oxygens (including phenoxy) is 2. The van der Waals surface area contributed by atoms with Gasteiger partial charge >= 0.3 is 5.97 Å². The zero-order chi connectivity index (χ0) is 20.6. The first-order chi connectivity index (χ1) is 13.1. The summed E-state index contributed by atoms with van der Waals surface area (Å²) in [6.45, 7) is 5.40. The van der Waals surface area contributed by atoms with Gasteiger partial charge in [0.25, 0.3) is 0 Å². The third kappa shape index (κ3) is 4.06. The molecule has 0 aliphatic heterocycles. The molecule has 2 fully saturated rings. The van der Waals surface area contributed by atoms with Gasteiger partial charge in [-0.05, 0) is 48.3 Å². The van der Waals surface area contributed by atoms with Crippen LogP contribution < -0.4 is 4.74 Å². The number of hydrogen-bond acceptors (Lipinski definition) is 6. The van der Waals surface area contributed by atoms with Crippen molar-refractivity contribution in [3.05, 3.63) is 29.8 Å². The van der Waals surface area contributed by atoms with Crippen LogP contribution >= 0.6 is 0 Å². The highest BCUT2D eigenvalue weighted by atomic mass is 32.2.